The number of ether oxygens (including phenoxy) is 1. The minimum Gasteiger partial charge on any atom is -0.478 e. The van der Waals surface area contributed by atoms with Crippen LogP contribution in [0.1, 0.15) is 21.5 Å². The summed E-state index contributed by atoms with van der Waals surface area (Å²) in [6.45, 7) is -0.215. The summed E-state index contributed by atoms with van der Waals surface area (Å²) in [4.78, 5) is 22.7. The third kappa shape index (κ3) is 4.32. The van der Waals surface area contributed by atoms with Gasteiger partial charge in [0.15, 0.2) is 0 Å². The maximum absolute atomic E-state index is 11.7. The van der Waals surface area contributed by atoms with Gasteiger partial charge in [0, 0.05) is 5.69 Å². The molecule has 0 aliphatic carbocycles. The van der Waals surface area contributed by atoms with Crippen molar-refractivity contribution in [3.63, 3.8) is 0 Å². The predicted molar refractivity (Wildman–Crippen MR) is 79.6 cm³/mol. The molecular formula is C16H15NO5. The standard InChI is InChI=1S/C16H15NO5/c18-9-12-6-13(15(19)20)8-14(7-12)17-16(21)22-10-11-4-2-1-3-5-11/h1-8,18H,9-10H2,(H,17,21)(H,19,20). The summed E-state index contributed by atoms with van der Waals surface area (Å²) in [6.07, 6.45) is -0.699. The molecule has 22 heavy (non-hydrogen) atoms. The zero-order valence-corrected chi connectivity index (χ0v) is 11.7. The minimum atomic E-state index is -1.14. The van der Waals surface area contributed by atoms with Crippen LogP contribution in [0.4, 0.5) is 10.5 Å². The third-order valence-corrected chi connectivity index (χ3v) is 2.88. The van der Waals surface area contributed by atoms with Gasteiger partial charge < -0.3 is 14.9 Å². The number of hydrogen-bond donors (Lipinski definition) is 3. The highest BCUT2D eigenvalue weighted by Gasteiger charge is 2.10. The largest absolute Gasteiger partial charge is 0.478 e. The third-order valence-electron chi connectivity index (χ3n) is 2.88. The van der Waals surface area contributed by atoms with Gasteiger partial charge >= 0.3 is 12.1 Å². The molecule has 0 fully saturated rings. The molecule has 2 aromatic carbocycles. The number of aromatic carboxylic acids is 1. The first-order chi connectivity index (χ1) is 10.6. The van der Waals surface area contributed by atoms with Crippen molar-refractivity contribution >= 4 is 17.7 Å². The molecule has 6 heteroatoms. The lowest BCUT2D eigenvalue weighted by atomic mass is 10.1. The quantitative estimate of drug-likeness (QED) is 0.789. The van der Waals surface area contributed by atoms with Gasteiger partial charge in [-0.05, 0) is 29.3 Å². The van der Waals surface area contributed by atoms with Crippen LogP contribution >= 0.6 is 0 Å². The van der Waals surface area contributed by atoms with E-state index in [2.05, 4.69) is 5.32 Å². The fraction of sp³-hybridized carbons (Fsp3) is 0.125. The molecule has 0 aliphatic rings. The Morgan fingerprint density at radius 2 is 1.77 bits per heavy atom. The Labute approximate surface area is 127 Å². The van der Waals surface area contributed by atoms with Crippen molar-refractivity contribution in [1.29, 1.82) is 0 Å². The monoisotopic (exact) mass is 301 g/mol. The van der Waals surface area contributed by atoms with Crippen molar-refractivity contribution in [3.05, 3.63) is 65.2 Å². The lowest BCUT2D eigenvalue weighted by Gasteiger charge is -2.09. The Morgan fingerprint density at radius 3 is 2.41 bits per heavy atom. The van der Waals surface area contributed by atoms with Crippen LogP contribution in [0.2, 0.25) is 0 Å². The number of carboxylic acid groups (broad SMARTS) is 1. The van der Waals surface area contributed by atoms with Gasteiger partial charge in [-0.15, -0.1) is 0 Å². The van der Waals surface area contributed by atoms with Crippen molar-refractivity contribution in [2.45, 2.75) is 13.2 Å². The summed E-state index contributed by atoms with van der Waals surface area (Å²) in [5.41, 5.74) is 1.46. The molecule has 0 aliphatic heterocycles. The summed E-state index contributed by atoms with van der Waals surface area (Å²) in [7, 11) is 0. The Morgan fingerprint density at radius 1 is 1.05 bits per heavy atom. The molecule has 0 spiro atoms. The number of amides is 1. The molecule has 0 bridgehead atoms. The average molecular weight is 301 g/mol. The first kappa shape index (κ1) is 15.5. The molecular weight excluding hydrogens is 286 g/mol. The summed E-state index contributed by atoms with van der Waals surface area (Å²) < 4.78 is 5.05. The van der Waals surface area contributed by atoms with Crippen LogP contribution < -0.4 is 5.32 Å². The van der Waals surface area contributed by atoms with Gasteiger partial charge in [0.1, 0.15) is 6.61 Å². The van der Waals surface area contributed by atoms with Crippen LogP contribution in [0, 0.1) is 0 Å². The number of benzene rings is 2. The molecule has 0 saturated heterocycles. The Balaban J connectivity index is 2.01. The number of rotatable bonds is 5. The van der Waals surface area contributed by atoms with E-state index in [1.54, 1.807) is 0 Å². The van der Waals surface area contributed by atoms with Crippen molar-refractivity contribution < 1.29 is 24.5 Å². The number of aliphatic hydroxyl groups is 1. The molecule has 114 valence electrons. The smallest absolute Gasteiger partial charge is 0.411 e. The van der Waals surface area contributed by atoms with Gasteiger partial charge in [-0.25, -0.2) is 9.59 Å². The normalized spacial score (nSPS) is 10.0. The summed E-state index contributed by atoms with van der Waals surface area (Å²) in [5, 5.41) is 20.6. The highest BCUT2D eigenvalue weighted by molar-refractivity contribution is 5.91. The lowest BCUT2D eigenvalue weighted by molar-refractivity contribution is 0.0696. The second-order valence-corrected chi connectivity index (χ2v) is 4.57. The first-order valence-corrected chi connectivity index (χ1v) is 6.54. The second-order valence-electron chi connectivity index (χ2n) is 4.57. The lowest BCUT2D eigenvalue weighted by Crippen LogP contribution is -2.14. The van der Waals surface area contributed by atoms with Crippen molar-refractivity contribution in [2.75, 3.05) is 5.32 Å². The van der Waals surface area contributed by atoms with Crippen LogP contribution in [0.25, 0.3) is 0 Å². The average Bonchev–Trinajstić information content (AvgIpc) is 2.53. The van der Waals surface area contributed by atoms with Gasteiger partial charge in [-0.3, -0.25) is 5.32 Å². The van der Waals surface area contributed by atoms with E-state index in [0.717, 1.165) is 5.56 Å². The van der Waals surface area contributed by atoms with Crippen LogP contribution in [-0.2, 0) is 18.0 Å². The summed E-state index contributed by atoms with van der Waals surface area (Å²) >= 11 is 0. The predicted octanol–water partition coefficient (Wildman–Crippen LogP) is 2.63. The van der Waals surface area contributed by atoms with Gasteiger partial charge in [-0.1, -0.05) is 30.3 Å². The minimum absolute atomic E-state index is 0.0232. The summed E-state index contributed by atoms with van der Waals surface area (Å²) in [6, 6.07) is 13.3. The molecule has 0 aromatic heterocycles. The number of carbonyl (C=O) groups is 2. The highest BCUT2D eigenvalue weighted by Crippen LogP contribution is 2.16. The Bertz CT molecular complexity index is 669. The number of aliphatic hydroxyl groups excluding tert-OH is 1. The van der Waals surface area contributed by atoms with E-state index in [9.17, 15) is 9.59 Å². The van der Waals surface area contributed by atoms with E-state index in [4.69, 9.17) is 14.9 Å². The van der Waals surface area contributed by atoms with E-state index >= 15 is 0 Å². The van der Waals surface area contributed by atoms with E-state index < -0.39 is 12.1 Å². The molecule has 6 nitrogen and oxygen atoms in total. The van der Waals surface area contributed by atoms with Crippen LogP contribution in [0.3, 0.4) is 0 Å². The molecule has 0 atom stereocenters. The van der Waals surface area contributed by atoms with Crippen molar-refractivity contribution in [3.8, 4) is 0 Å². The summed E-state index contributed by atoms with van der Waals surface area (Å²) in [5.74, 6) is -1.14. The van der Waals surface area contributed by atoms with Crippen LogP contribution in [-0.4, -0.2) is 22.3 Å². The molecule has 2 aromatic rings. The van der Waals surface area contributed by atoms with Gasteiger partial charge in [-0.2, -0.15) is 0 Å². The SMILES string of the molecule is O=C(Nc1cc(CO)cc(C(=O)O)c1)OCc1ccccc1. The van der Waals surface area contributed by atoms with E-state index in [-0.39, 0.29) is 24.5 Å². The Kier molecular flexibility index (Phi) is 5.11. The number of hydrogen-bond acceptors (Lipinski definition) is 4. The van der Waals surface area contributed by atoms with E-state index in [0.29, 0.717) is 5.56 Å². The van der Waals surface area contributed by atoms with Crippen molar-refractivity contribution in [1.82, 2.24) is 0 Å². The first-order valence-electron chi connectivity index (χ1n) is 6.54. The number of nitrogens with one attached hydrogen (secondary N) is 1. The molecule has 0 radical (unpaired) electrons. The van der Waals surface area contributed by atoms with Gasteiger partial charge in [0.25, 0.3) is 0 Å². The molecule has 3 N–H and O–H groups in total. The molecule has 0 heterocycles. The Hall–Kier alpha value is -2.86. The van der Waals surface area contributed by atoms with E-state index in [1.165, 1.54) is 18.2 Å². The molecule has 2 rings (SSSR count). The van der Waals surface area contributed by atoms with Gasteiger partial charge in [0.05, 0.1) is 12.2 Å². The second kappa shape index (κ2) is 7.24. The van der Waals surface area contributed by atoms with Crippen LogP contribution in [0.15, 0.2) is 48.5 Å². The number of carboxylic acids is 1. The van der Waals surface area contributed by atoms with Gasteiger partial charge in [0.2, 0.25) is 0 Å². The highest BCUT2D eigenvalue weighted by atomic mass is 16.5. The van der Waals surface area contributed by atoms with Crippen molar-refractivity contribution in [2.24, 2.45) is 0 Å². The number of anilines is 1. The number of carbonyl (C=O) groups excluding carboxylic acids is 1. The maximum atomic E-state index is 11.7. The zero-order chi connectivity index (χ0) is 15.9. The van der Waals surface area contributed by atoms with Crippen LogP contribution in [0.5, 0.6) is 0 Å². The zero-order valence-electron chi connectivity index (χ0n) is 11.7. The molecule has 1 amide bonds. The fourth-order valence-corrected chi connectivity index (χ4v) is 1.86. The van der Waals surface area contributed by atoms with E-state index in [1.807, 2.05) is 30.3 Å². The fourth-order valence-electron chi connectivity index (χ4n) is 1.86. The topological polar surface area (TPSA) is 95.9 Å². The molecule has 0 unspecified atom stereocenters. The maximum Gasteiger partial charge on any atom is 0.411 e. The molecule has 0 saturated carbocycles.